The molecule has 0 radical (unpaired) electrons. The Bertz CT molecular complexity index is 835. The molecule has 1 aliphatic carbocycles. The molecule has 0 spiro atoms. The highest BCUT2D eigenvalue weighted by atomic mass is 16.2. The molecule has 6 heteroatoms. The second-order valence-electron chi connectivity index (χ2n) is 10.4. The molecule has 1 saturated carbocycles. The summed E-state index contributed by atoms with van der Waals surface area (Å²) in [5, 5.41) is 3.25. The van der Waals surface area contributed by atoms with Gasteiger partial charge in [0.2, 0.25) is 0 Å². The molecule has 3 amide bonds. The lowest BCUT2D eigenvalue weighted by Crippen LogP contribution is -2.53. The molecular weight excluding hydrogens is 400 g/mol. The molecule has 1 aromatic rings. The summed E-state index contributed by atoms with van der Waals surface area (Å²) in [6.07, 6.45) is 9.08. The number of hydrogen-bond donors (Lipinski definition) is 1. The fraction of sp³-hybridized carbons (Fsp3) is 0.692. The number of nitrogens with one attached hydrogen (secondary N) is 1. The summed E-state index contributed by atoms with van der Waals surface area (Å²) >= 11 is 0. The highest BCUT2D eigenvalue weighted by Gasteiger charge is 2.44. The summed E-state index contributed by atoms with van der Waals surface area (Å²) in [6, 6.07) is 8.04. The van der Waals surface area contributed by atoms with Crippen molar-refractivity contribution in [2.75, 3.05) is 26.2 Å². The van der Waals surface area contributed by atoms with Crippen LogP contribution in [0.25, 0.3) is 0 Å². The van der Waals surface area contributed by atoms with Gasteiger partial charge >= 0.3 is 6.03 Å². The molecule has 32 heavy (non-hydrogen) atoms. The van der Waals surface area contributed by atoms with Crippen molar-refractivity contribution in [1.29, 1.82) is 0 Å². The highest BCUT2D eigenvalue weighted by molar-refractivity contribution is 5.97. The van der Waals surface area contributed by atoms with E-state index >= 15 is 0 Å². The van der Waals surface area contributed by atoms with Crippen LogP contribution in [0.5, 0.6) is 0 Å². The van der Waals surface area contributed by atoms with Crippen molar-refractivity contribution in [2.45, 2.75) is 89.4 Å². The number of nitrogens with zero attached hydrogens (tertiary/aromatic N) is 3. The molecule has 1 aromatic carbocycles. The van der Waals surface area contributed by atoms with E-state index in [4.69, 9.17) is 0 Å². The SMILES string of the molecule is Cc1cccc(C)c1C(=O)N1CCC(N2CCC(N3C(=O)N[C@@H]4CCCC[C@H]43)CC2)CC1. The second kappa shape index (κ2) is 9.05. The zero-order chi connectivity index (χ0) is 22.2. The molecule has 3 aliphatic heterocycles. The summed E-state index contributed by atoms with van der Waals surface area (Å²) in [6.45, 7) is 7.90. The van der Waals surface area contributed by atoms with Gasteiger partial charge in [-0.25, -0.2) is 4.79 Å². The van der Waals surface area contributed by atoms with Crippen LogP contribution >= 0.6 is 0 Å². The minimum Gasteiger partial charge on any atom is -0.339 e. The first-order valence-corrected chi connectivity index (χ1v) is 12.7. The van der Waals surface area contributed by atoms with E-state index in [0.717, 1.165) is 81.4 Å². The van der Waals surface area contributed by atoms with Crippen LogP contribution in [-0.4, -0.2) is 77.0 Å². The van der Waals surface area contributed by atoms with Crippen molar-refractivity contribution in [2.24, 2.45) is 0 Å². The number of likely N-dealkylation sites (tertiary alicyclic amines) is 2. The molecule has 0 aromatic heterocycles. The fourth-order valence-corrected chi connectivity index (χ4v) is 6.71. The maximum absolute atomic E-state index is 13.1. The lowest BCUT2D eigenvalue weighted by molar-refractivity contribution is 0.0471. The van der Waals surface area contributed by atoms with Crippen molar-refractivity contribution in [3.8, 4) is 0 Å². The molecular formula is C26H38N4O2. The van der Waals surface area contributed by atoms with E-state index in [0.29, 0.717) is 24.2 Å². The Balaban J connectivity index is 1.14. The third kappa shape index (κ3) is 4.02. The molecule has 174 valence electrons. The Morgan fingerprint density at radius 1 is 0.875 bits per heavy atom. The Morgan fingerprint density at radius 2 is 1.50 bits per heavy atom. The quantitative estimate of drug-likeness (QED) is 0.783. The first kappa shape index (κ1) is 21.7. The van der Waals surface area contributed by atoms with Gasteiger partial charge in [-0.2, -0.15) is 0 Å². The first-order valence-electron chi connectivity index (χ1n) is 12.7. The molecule has 0 bridgehead atoms. The largest absolute Gasteiger partial charge is 0.339 e. The fourth-order valence-electron chi connectivity index (χ4n) is 6.71. The van der Waals surface area contributed by atoms with Gasteiger partial charge in [0.15, 0.2) is 0 Å². The Hall–Kier alpha value is -2.08. The monoisotopic (exact) mass is 438 g/mol. The predicted octanol–water partition coefficient (Wildman–Crippen LogP) is 3.71. The number of benzene rings is 1. The van der Waals surface area contributed by atoms with E-state index in [-0.39, 0.29) is 11.9 Å². The van der Waals surface area contributed by atoms with Gasteiger partial charge in [-0.3, -0.25) is 4.79 Å². The molecule has 1 N–H and O–H groups in total. The van der Waals surface area contributed by atoms with Crippen LogP contribution < -0.4 is 5.32 Å². The minimum atomic E-state index is 0.179. The number of urea groups is 1. The summed E-state index contributed by atoms with van der Waals surface area (Å²) in [5.41, 5.74) is 3.03. The normalized spacial score (nSPS) is 28.0. The molecule has 4 fully saturated rings. The highest BCUT2D eigenvalue weighted by Crippen LogP contribution is 2.33. The summed E-state index contributed by atoms with van der Waals surface area (Å²) < 4.78 is 0. The molecule has 0 unspecified atom stereocenters. The van der Waals surface area contributed by atoms with Crippen LogP contribution in [0.15, 0.2) is 18.2 Å². The molecule has 2 atom stereocenters. The van der Waals surface area contributed by atoms with Crippen LogP contribution in [0.3, 0.4) is 0 Å². The molecule has 4 aliphatic rings. The van der Waals surface area contributed by atoms with Gasteiger partial charge < -0.3 is 20.0 Å². The van der Waals surface area contributed by atoms with Gasteiger partial charge in [0.1, 0.15) is 0 Å². The van der Waals surface area contributed by atoms with Crippen molar-refractivity contribution in [3.63, 3.8) is 0 Å². The number of hydrogen-bond acceptors (Lipinski definition) is 3. The average Bonchev–Trinajstić information content (AvgIpc) is 3.15. The van der Waals surface area contributed by atoms with E-state index in [2.05, 4.69) is 20.0 Å². The minimum absolute atomic E-state index is 0.179. The maximum Gasteiger partial charge on any atom is 0.318 e. The predicted molar refractivity (Wildman–Crippen MR) is 126 cm³/mol. The van der Waals surface area contributed by atoms with Crippen LogP contribution in [0, 0.1) is 13.8 Å². The van der Waals surface area contributed by atoms with Crippen molar-refractivity contribution >= 4 is 11.9 Å². The number of fused-ring (bicyclic) bond motifs is 1. The first-order chi connectivity index (χ1) is 15.5. The van der Waals surface area contributed by atoms with E-state index in [1.807, 2.05) is 32.0 Å². The molecule has 5 rings (SSSR count). The van der Waals surface area contributed by atoms with Gasteiger partial charge in [0, 0.05) is 43.8 Å². The number of carbonyl (C=O) groups is 2. The van der Waals surface area contributed by atoms with Gasteiger partial charge in [-0.05, 0) is 63.5 Å². The number of rotatable bonds is 3. The standard InChI is InChI=1S/C26H38N4O2/c1-18-6-5-7-19(2)24(18)25(31)29-16-10-20(11-17-29)28-14-12-21(13-15-28)30-23-9-4-3-8-22(23)27-26(30)32/h5-7,20-23H,3-4,8-17H2,1-2H3,(H,27,32)/t22-,23-/m1/s1. The third-order valence-corrected chi connectivity index (χ3v) is 8.49. The third-order valence-electron chi connectivity index (χ3n) is 8.49. The topological polar surface area (TPSA) is 55.9 Å². The van der Waals surface area contributed by atoms with Crippen LogP contribution in [0.2, 0.25) is 0 Å². The lowest BCUT2D eigenvalue weighted by atomic mass is 9.89. The summed E-state index contributed by atoms with van der Waals surface area (Å²) in [4.78, 5) is 32.7. The molecule has 3 heterocycles. The summed E-state index contributed by atoms with van der Waals surface area (Å²) in [7, 11) is 0. The maximum atomic E-state index is 13.1. The van der Waals surface area contributed by atoms with Crippen LogP contribution in [-0.2, 0) is 0 Å². The Morgan fingerprint density at radius 3 is 2.19 bits per heavy atom. The Labute approximate surface area is 192 Å². The second-order valence-corrected chi connectivity index (χ2v) is 10.4. The van der Waals surface area contributed by atoms with E-state index < -0.39 is 0 Å². The van der Waals surface area contributed by atoms with Crippen LogP contribution in [0.4, 0.5) is 4.79 Å². The van der Waals surface area contributed by atoms with Gasteiger partial charge in [0.25, 0.3) is 5.91 Å². The van der Waals surface area contributed by atoms with E-state index in [1.165, 1.54) is 12.8 Å². The average molecular weight is 439 g/mol. The van der Waals surface area contributed by atoms with Crippen molar-refractivity contribution in [3.05, 3.63) is 34.9 Å². The van der Waals surface area contributed by atoms with Crippen molar-refractivity contribution in [1.82, 2.24) is 20.0 Å². The number of carbonyl (C=O) groups excluding carboxylic acids is 2. The van der Waals surface area contributed by atoms with E-state index in [1.54, 1.807) is 0 Å². The van der Waals surface area contributed by atoms with Crippen molar-refractivity contribution < 1.29 is 9.59 Å². The van der Waals surface area contributed by atoms with Gasteiger partial charge in [-0.1, -0.05) is 31.0 Å². The molecule has 6 nitrogen and oxygen atoms in total. The Kier molecular flexibility index (Phi) is 6.15. The zero-order valence-electron chi connectivity index (χ0n) is 19.7. The smallest absolute Gasteiger partial charge is 0.318 e. The summed E-state index contributed by atoms with van der Waals surface area (Å²) in [5.74, 6) is 0.194. The number of amides is 3. The zero-order valence-corrected chi connectivity index (χ0v) is 19.7. The van der Waals surface area contributed by atoms with E-state index in [9.17, 15) is 9.59 Å². The van der Waals surface area contributed by atoms with Crippen LogP contribution in [0.1, 0.15) is 72.9 Å². The molecule has 3 saturated heterocycles. The van der Waals surface area contributed by atoms with Gasteiger partial charge in [0.05, 0.1) is 12.1 Å². The lowest BCUT2D eigenvalue weighted by Gasteiger charge is -2.44. The number of piperidine rings is 2. The van der Waals surface area contributed by atoms with Gasteiger partial charge in [-0.15, -0.1) is 0 Å². The number of aryl methyl sites for hydroxylation is 2.